The molecule has 0 fully saturated rings. The fourth-order valence-electron chi connectivity index (χ4n) is 1.78. The van der Waals surface area contributed by atoms with Gasteiger partial charge in [0.25, 0.3) is 0 Å². The summed E-state index contributed by atoms with van der Waals surface area (Å²) in [6, 6.07) is 10.6. The van der Waals surface area contributed by atoms with E-state index in [0.29, 0.717) is 4.47 Å². The topological polar surface area (TPSA) is 20.2 Å². The largest absolute Gasteiger partial charge is 0.384 e. The first-order valence-electron chi connectivity index (χ1n) is 5.39. The summed E-state index contributed by atoms with van der Waals surface area (Å²) in [5.41, 5.74) is 2.09. The zero-order valence-electron chi connectivity index (χ0n) is 9.62. The van der Waals surface area contributed by atoms with Crippen molar-refractivity contribution in [3.05, 3.63) is 66.9 Å². The van der Waals surface area contributed by atoms with E-state index in [4.69, 9.17) is 0 Å². The zero-order valence-corrected chi connectivity index (χ0v) is 13.4. The Bertz CT molecular complexity index is 535. The van der Waals surface area contributed by atoms with Crippen molar-refractivity contribution in [2.24, 2.45) is 0 Å². The monoisotopic (exact) mass is 420 g/mol. The molecule has 0 bridgehead atoms. The van der Waals surface area contributed by atoms with Crippen LogP contribution in [0.2, 0.25) is 0 Å². The summed E-state index contributed by atoms with van der Waals surface area (Å²) >= 11 is 5.31. The molecular formula is C14H11BrFIO. The fourth-order valence-corrected chi connectivity index (χ4v) is 2.82. The summed E-state index contributed by atoms with van der Waals surface area (Å²) < 4.78 is 15.3. The van der Waals surface area contributed by atoms with Crippen LogP contribution in [-0.2, 0) is 0 Å². The molecule has 0 heterocycles. The van der Waals surface area contributed by atoms with Gasteiger partial charge in [-0.15, -0.1) is 0 Å². The minimum absolute atomic E-state index is 0.285. The molecule has 0 spiro atoms. The molecule has 2 aromatic carbocycles. The molecule has 94 valence electrons. The summed E-state index contributed by atoms with van der Waals surface area (Å²) in [5.74, 6) is -0.415. The molecule has 0 amide bonds. The molecule has 2 rings (SSSR count). The minimum atomic E-state index is -0.950. The van der Waals surface area contributed by atoms with Gasteiger partial charge >= 0.3 is 0 Å². The second kappa shape index (κ2) is 5.67. The van der Waals surface area contributed by atoms with Gasteiger partial charge in [0.05, 0.1) is 4.47 Å². The molecule has 0 aliphatic heterocycles. The highest BCUT2D eigenvalue weighted by molar-refractivity contribution is 14.1. The molecule has 0 aromatic heterocycles. The van der Waals surface area contributed by atoms with Crippen molar-refractivity contribution in [1.29, 1.82) is 0 Å². The van der Waals surface area contributed by atoms with Crippen LogP contribution in [0.3, 0.4) is 0 Å². The van der Waals surface area contributed by atoms with Crippen molar-refractivity contribution in [2.45, 2.75) is 13.0 Å². The third kappa shape index (κ3) is 2.60. The molecular weight excluding hydrogens is 410 g/mol. The number of hydrogen-bond acceptors (Lipinski definition) is 1. The second-order valence-electron chi connectivity index (χ2n) is 4.02. The fraction of sp³-hybridized carbons (Fsp3) is 0.143. The maximum absolute atomic E-state index is 14.0. The lowest BCUT2D eigenvalue weighted by Crippen LogP contribution is -2.05. The first-order valence-corrected chi connectivity index (χ1v) is 7.26. The average molecular weight is 421 g/mol. The third-order valence-corrected chi connectivity index (χ3v) is 4.88. The van der Waals surface area contributed by atoms with Gasteiger partial charge in [0.2, 0.25) is 0 Å². The lowest BCUT2D eigenvalue weighted by Gasteiger charge is -2.16. The smallest absolute Gasteiger partial charge is 0.143 e. The quantitative estimate of drug-likeness (QED) is 0.705. The van der Waals surface area contributed by atoms with E-state index in [2.05, 4.69) is 38.5 Å². The number of rotatable bonds is 2. The number of aryl methyl sites for hydroxylation is 1. The average Bonchev–Trinajstić information content (AvgIpc) is 2.35. The summed E-state index contributed by atoms with van der Waals surface area (Å²) in [7, 11) is 0. The third-order valence-electron chi connectivity index (χ3n) is 2.79. The summed E-state index contributed by atoms with van der Waals surface area (Å²) in [6.45, 7) is 1.97. The predicted molar refractivity (Wildman–Crippen MR) is 82.1 cm³/mol. The van der Waals surface area contributed by atoms with Gasteiger partial charge in [-0.1, -0.05) is 30.3 Å². The standard InChI is InChI=1S/C14H11BrFIO/c1-8-4-2-6-10(13(8)17)14(18)9-5-3-7-11(15)12(9)16/h2-7,14,18H,1H3. The van der Waals surface area contributed by atoms with Crippen LogP contribution in [0.25, 0.3) is 0 Å². The highest BCUT2D eigenvalue weighted by Gasteiger charge is 2.19. The number of halogens is 3. The lowest BCUT2D eigenvalue weighted by atomic mass is 10.00. The van der Waals surface area contributed by atoms with E-state index in [1.807, 2.05) is 25.1 Å². The second-order valence-corrected chi connectivity index (χ2v) is 5.96. The Balaban J connectivity index is 2.51. The van der Waals surface area contributed by atoms with Crippen LogP contribution in [-0.4, -0.2) is 5.11 Å². The number of aliphatic hydroxyl groups excluding tert-OH is 1. The molecule has 0 saturated heterocycles. The van der Waals surface area contributed by atoms with Crippen molar-refractivity contribution >= 4 is 38.5 Å². The molecule has 1 nitrogen and oxygen atoms in total. The van der Waals surface area contributed by atoms with Crippen molar-refractivity contribution in [3.63, 3.8) is 0 Å². The maximum Gasteiger partial charge on any atom is 0.143 e. The van der Waals surface area contributed by atoms with E-state index in [1.54, 1.807) is 18.2 Å². The van der Waals surface area contributed by atoms with E-state index < -0.39 is 11.9 Å². The Hall–Kier alpha value is -0.460. The van der Waals surface area contributed by atoms with E-state index in [-0.39, 0.29) is 5.56 Å². The molecule has 4 heteroatoms. The van der Waals surface area contributed by atoms with Crippen molar-refractivity contribution in [2.75, 3.05) is 0 Å². The number of hydrogen-bond donors (Lipinski definition) is 1. The van der Waals surface area contributed by atoms with Gasteiger partial charge in [-0.2, -0.15) is 0 Å². The Morgan fingerprint density at radius 2 is 1.78 bits per heavy atom. The van der Waals surface area contributed by atoms with Crippen LogP contribution in [0.5, 0.6) is 0 Å². The molecule has 2 aromatic rings. The van der Waals surface area contributed by atoms with E-state index >= 15 is 0 Å². The molecule has 1 unspecified atom stereocenters. The van der Waals surface area contributed by atoms with E-state index in [9.17, 15) is 9.50 Å². The first-order chi connectivity index (χ1) is 8.52. The van der Waals surface area contributed by atoms with Crippen LogP contribution in [0.15, 0.2) is 40.9 Å². The van der Waals surface area contributed by atoms with Gasteiger partial charge in [0.15, 0.2) is 0 Å². The van der Waals surface area contributed by atoms with Crippen LogP contribution in [0.4, 0.5) is 4.39 Å². The van der Waals surface area contributed by atoms with Crippen LogP contribution in [0, 0.1) is 16.3 Å². The molecule has 0 saturated carbocycles. The normalized spacial score (nSPS) is 12.5. The molecule has 0 aliphatic rings. The van der Waals surface area contributed by atoms with Crippen LogP contribution in [0.1, 0.15) is 22.8 Å². The molecule has 1 N–H and O–H groups in total. The van der Waals surface area contributed by atoms with Gasteiger partial charge in [-0.3, -0.25) is 0 Å². The van der Waals surface area contributed by atoms with E-state index in [0.717, 1.165) is 14.7 Å². The SMILES string of the molecule is Cc1cccc(C(O)c2cccc(Br)c2F)c1I. The summed E-state index contributed by atoms with van der Waals surface area (Å²) in [6.07, 6.45) is -0.950. The lowest BCUT2D eigenvalue weighted by molar-refractivity contribution is 0.214. The highest BCUT2D eigenvalue weighted by Crippen LogP contribution is 2.31. The summed E-state index contributed by atoms with van der Waals surface area (Å²) in [4.78, 5) is 0. The Labute approximate surface area is 127 Å². The zero-order chi connectivity index (χ0) is 13.3. The van der Waals surface area contributed by atoms with E-state index in [1.165, 1.54) is 0 Å². The van der Waals surface area contributed by atoms with Crippen molar-refractivity contribution < 1.29 is 9.50 Å². The maximum atomic E-state index is 14.0. The van der Waals surface area contributed by atoms with Gasteiger partial charge in [0, 0.05) is 9.13 Å². The summed E-state index contributed by atoms with van der Waals surface area (Å²) in [5, 5.41) is 10.3. The van der Waals surface area contributed by atoms with Gasteiger partial charge in [-0.05, 0) is 62.6 Å². The number of aliphatic hydroxyl groups is 1. The van der Waals surface area contributed by atoms with Gasteiger partial charge in [-0.25, -0.2) is 4.39 Å². The van der Waals surface area contributed by atoms with Crippen LogP contribution < -0.4 is 0 Å². The minimum Gasteiger partial charge on any atom is -0.384 e. The Morgan fingerprint density at radius 1 is 1.17 bits per heavy atom. The van der Waals surface area contributed by atoms with Gasteiger partial charge in [0.1, 0.15) is 11.9 Å². The molecule has 18 heavy (non-hydrogen) atoms. The first kappa shape index (κ1) is 14.0. The Morgan fingerprint density at radius 3 is 2.50 bits per heavy atom. The van der Waals surface area contributed by atoms with Gasteiger partial charge < -0.3 is 5.11 Å². The predicted octanol–water partition coefficient (Wildman–Crippen LogP) is 4.58. The van der Waals surface area contributed by atoms with Crippen LogP contribution >= 0.6 is 38.5 Å². The van der Waals surface area contributed by atoms with Crippen molar-refractivity contribution in [3.8, 4) is 0 Å². The van der Waals surface area contributed by atoms with Crippen molar-refractivity contribution in [1.82, 2.24) is 0 Å². The molecule has 0 aliphatic carbocycles. The molecule has 1 atom stereocenters. The highest BCUT2D eigenvalue weighted by atomic mass is 127. The number of benzene rings is 2. The Kier molecular flexibility index (Phi) is 4.40. The molecule has 0 radical (unpaired) electrons.